The molecule has 0 spiro atoms. The lowest BCUT2D eigenvalue weighted by Crippen LogP contribution is -2.47. The number of rotatable bonds is 18. The molecule has 2 amide bonds. The molecule has 0 bridgehead atoms. The first-order valence-electron chi connectivity index (χ1n) is 12.3. The van der Waals surface area contributed by atoms with Crippen LogP contribution < -0.4 is 10.6 Å². The quantitative estimate of drug-likeness (QED) is 0.193. The lowest BCUT2D eigenvalue weighted by Gasteiger charge is -2.21. The molecule has 0 radical (unpaired) electrons. The molecule has 6 heteroatoms. The van der Waals surface area contributed by atoms with Crippen LogP contribution in [0.25, 0.3) is 0 Å². The second-order valence-electron chi connectivity index (χ2n) is 8.53. The number of aliphatic hydroxyl groups is 2. The van der Waals surface area contributed by atoms with Crippen molar-refractivity contribution in [3.63, 3.8) is 0 Å². The molecular weight excluding hydrogens is 392 g/mol. The lowest BCUT2D eigenvalue weighted by molar-refractivity contribution is -0.119. The van der Waals surface area contributed by atoms with Crippen LogP contribution in [0.2, 0.25) is 0 Å². The Morgan fingerprint density at radius 3 is 1.45 bits per heavy atom. The predicted octanol–water partition coefficient (Wildman–Crippen LogP) is 3.92. The molecule has 31 heavy (non-hydrogen) atoms. The molecule has 1 aliphatic rings. The Balaban J connectivity index is 2.17. The molecule has 6 nitrogen and oxygen atoms in total. The van der Waals surface area contributed by atoms with Crippen LogP contribution in [0.3, 0.4) is 0 Å². The van der Waals surface area contributed by atoms with Crippen LogP contribution in [0.5, 0.6) is 0 Å². The number of carbonyl (C=O) groups excluding carboxylic acids is 2. The summed E-state index contributed by atoms with van der Waals surface area (Å²) in [6, 6.07) is -0.000914. The average Bonchev–Trinajstić information content (AvgIpc) is 3.18. The highest BCUT2D eigenvalue weighted by Crippen LogP contribution is 2.19. The molecule has 0 unspecified atom stereocenters. The number of carbonyl (C=O) groups is 2. The van der Waals surface area contributed by atoms with Gasteiger partial charge in [-0.25, -0.2) is 0 Å². The highest BCUT2D eigenvalue weighted by Gasteiger charge is 2.28. The number of aliphatic hydroxyl groups excluding tert-OH is 2. The SMILES string of the molecule is O=C(/C=C/CCCCCCCO)N[C@H]1CCC[C@H]1NC(=O)/C=C/CCCCCCCO. The van der Waals surface area contributed by atoms with E-state index in [-0.39, 0.29) is 37.1 Å². The molecule has 178 valence electrons. The number of unbranched alkanes of at least 4 members (excludes halogenated alkanes) is 10. The maximum Gasteiger partial charge on any atom is 0.243 e. The van der Waals surface area contributed by atoms with E-state index in [0.717, 1.165) is 96.3 Å². The third-order valence-electron chi connectivity index (χ3n) is 5.77. The molecular formula is C25H44N2O4. The van der Waals surface area contributed by atoms with Gasteiger partial charge in [0.15, 0.2) is 0 Å². The Morgan fingerprint density at radius 2 is 1.03 bits per heavy atom. The van der Waals surface area contributed by atoms with Crippen LogP contribution in [0.4, 0.5) is 0 Å². The Hall–Kier alpha value is -1.66. The van der Waals surface area contributed by atoms with E-state index in [1.54, 1.807) is 12.2 Å². The van der Waals surface area contributed by atoms with Gasteiger partial charge >= 0.3 is 0 Å². The second kappa shape index (κ2) is 19.1. The van der Waals surface area contributed by atoms with Gasteiger partial charge in [-0.15, -0.1) is 0 Å². The highest BCUT2D eigenvalue weighted by molar-refractivity contribution is 5.89. The van der Waals surface area contributed by atoms with Crippen molar-refractivity contribution in [2.24, 2.45) is 0 Å². The maximum atomic E-state index is 12.2. The zero-order chi connectivity index (χ0) is 22.6. The monoisotopic (exact) mass is 436 g/mol. The molecule has 0 aromatic heterocycles. The number of amides is 2. The minimum absolute atomic E-state index is 0.000457. The van der Waals surface area contributed by atoms with Crippen molar-refractivity contribution in [3.05, 3.63) is 24.3 Å². The van der Waals surface area contributed by atoms with E-state index < -0.39 is 0 Å². The largest absolute Gasteiger partial charge is 0.396 e. The first kappa shape index (κ1) is 27.4. The normalized spacial score (nSPS) is 18.8. The third kappa shape index (κ3) is 14.9. The van der Waals surface area contributed by atoms with Crippen LogP contribution in [0.15, 0.2) is 24.3 Å². The van der Waals surface area contributed by atoms with Crippen molar-refractivity contribution in [2.75, 3.05) is 13.2 Å². The Morgan fingerprint density at radius 1 is 0.645 bits per heavy atom. The molecule has 2 atom stereocenters. The van der Waals surface area contributed by atoms with Gasteiger partial charge in [-0.1, -0.05) is 50.7 Å². The Bertz CT molecular complexity index is 488. The summed E-state index contributed by atoms with van der Waals surface area (Å²) in [5.41, 5.74) is 0. The van der Waals surface area contributed by atoms with E-state index in [0.29, 0.717) is 0 Å². The van der Waals surface area contributed by atoms with Gasteiger partial charge in [-0.05, 0) is 69.9 Å². The van der Waals surface area contributed by atoms with Crippen LogP contribution in [-0.2, 0) is 9.59 Å². The van der Waals surface area contributed by atoms with Crippen molar-refractivity contribution >= 4 is 11.8 Å². The van der Waals surface area contributed by atoms with Crippen molar-refractivity contribution in [2.45, 2.75) is 108 Å². The molecule has 0 aromatic carbocycles. The zero-order valence-corrected chi connectivity index (χ0v) is 19.2. The van der Waals surface area contributed by atoms with Gasteiger partial charge in [0, 0.05) is 25.3 Å². The Labute approximate surface area is 188 Å². The maximum absolute atomic E-state index is 12.2. The van der Waals surface area contributed by atoms with E-state index in [2.05, 4.69) is 10.6 Å². The number of hydrogen-bond acceptors (Lipinski definition) is 4. The summed E-state index contributed by atoms with van der Waals surface area (Å²) in [6.45, 7) is 0.539. The van der Waals surface area contributed by atoms with E-state index in [4.69, 9.17) is 10.2 Å². The van der Waals surface area contributed by atoms with Crippen LogP contribution in [-0.4, -0.2) is 47.3 Å². The predicted molar refractivity (Wildman–Crippen MR) is 126 cm³/mol. The minimum atomic E-state index is -0.0804. The average molecular weight is 437 g/mol. The smallest absolute Gasteiger partial charge is 0.243 e. The molecule has 0 heterocycles. The zero-order valence-electron chi connectivity index (χ0n) is 19.2. The van der Waals surface area contributed by atoms with Gasteiger partial charge < -0.3 is 20.8 Å². The fourth-order valence-electron chi connectivity index (χ4n) is 3.96. The topological polar surface area (TPSA) is 98.7 Å². The van der Waals surface area contributed by atoms with Crippen molar-refractivity contribution in [3.8, 4) is 0 Å². The van der Waals surface area contributed by atoms with Gasteiger partial charge in [-0.3, -0.25) is 9.59 Å². The number of hydrogen-bond donors (Lipinski definition) is 4. The minimum Gasteiger partial charge on any atom is -0.396 e. The van der Waals surface area contributed by atoms with Crippen molar-refractivity contribution in [1.29, 1.82) is 0 Å². The molecule has 0 aliphatic heterocycles. The van der Waals surface area contributed by atoms with E-state index in [1.165, 1.54) is 0 Å². The summed E-state index contributed by atoms with van der Waals surface area (Å²) in [5.74, 6) is -0.161. The molecule has 1 rings (SSSR count). The fourth-order valence-corrected chi connectivity index (χ4v) is 3.96. The van der Waals surface area contributed by atoms with Crippen LogP contribution >= 0.6 is 0 Å². The Kier molecular flexibility index (Phi) is 16.8. The second-order valence-corrected chi connectivity index (χ2v) is 8.53. The molecule has 4 N–H and O–H groups in total. The molecule has 1 saturated carbocycles. The van der Waals surface area contributed by atoms with E-state index in [9.17, 15) is 9.59 Å². The van der Waals surface area contributed by atoms with Crippen LogP contribution in [0.1, 0.15) is 96.3 Å². The summed E-state index contributed by atoms with van der Waals surface area (Å²) in [7, 11) is 0. The van der Waals surface area contributed by atoms with Crippen LogP contribution in [0, 0.1) is 0 Å². The molecule has 1 aliphatic carbocycles. The fraction of sp³-hybridized carbons (Fsp3) is 0.760. The van der Waals surface area contributed by atoms with Gasteiger partial charge in [0.1, 0.15) is 0 Å². The van der Waals surface area contributed by atoms with E-state index >= 15 is 0 Å². The molecule has 0 saturated heterocycles. The summed E-state index contributed by atoms with van der Waals surface area (Å²) in [4.78, 5) is 24.4. The first-order valence-corrected chi connectivity index (χ1v) is 12.3. The van der Waals surface area contributed by atoms with Crippen molar-refractivity contribution in [1.82, 2.24) is 10.6 Å². The summed E-state index contributed by atoms with van der Waals surface area (Å²) in [5, 5.41) is 23.6. The highest BCUT2D eigenvalue weighted by atomic mass is 16.3. The van der Waals surface area contributed by atoms with Gasteiger partial charge in [0.2, 0.25) is 11.8 Å². The number of allylic oxidation sites excluding steroid dienone is 2. The lowest BCUT2D eigenvalue weighted by atomic mass is 10.1. The van der Waals surface area contributed by atoms with E-state index in [1.807, 2.05) is 12.2 Å². The third-order valence-corrected chi connectivity index (χ3v) is 5.77. The molecule has 1 fully saturated rings. The van der Waals surface area contributed by atoms with Crippen molar-refractivity contribution < 1.29 is 19.8 Å². The summed E-state index contributed by atoms with van der Waals surface area (Å²) in [6.07, 6.45) is 22.2. The first-order chi connectivity index (χ1) is 15.2. The summed E-state index contributed by atoms with van der Waals surface area (Å²) >= 11 is 0. The van der Waals surface area contributed by atoms with Gasteiger partial charge in [-0.2, -0.15) is 0 Å². The standard InChI is InChI=1S/C25H44N2O4/c28-20-13-9-5-1-3-7-11-18-24(30)26-22-16-15-17-23(22)27-25(31)19-12-8-4-2-6-10-14-21-29/h11-12,18-19,22-23,28-29H,1-10,13-17,20-21H2,(H,26,30)(H,27,31)/b18-11+,19-12+/t22-,23+. The number of nitrogens with one attached hydrogen (secondary N) is 2. The summed E-state index contributed by atoms with van der Waals surface area (Å²) < 4.78 is 0. The van der Waals surface area contributed by atoms with Gasteiger partial charge in [0.05, 0.1) is 0 Å². The molecule has 0 aromatic rings. The van der Waals surface area contributed by atoms with Gasteiger partial charge in [0.25, 0.3) is 0 Å².